The summed E-state index contributed by atoms with van der Waals surface area (Å²) in [7, 11) is 0. The van der Waals surface area contributed by atoms with Crippen LogP contribution in [0.2, 0.25) is 0 Å². The van der Waals surface area contributed by atoms with Gasteiger partial charge in [0.05, 0.1) is 0 Å². The van der Waals surface area contributed by atoms with Gasteiger partial charge in [0.15, 0.2) is 0 Å². The minimum Gasteiger partial charge on any atom is -0.348 e. The summed E-state index contributed by atoms with van der Waals surface area (Å²) in [6, 6.07) is 12.2. The number of H-pyrrole nitrogens is 1. The average molecular weight is 201 g/mol. The van der Waals surface area contributed by atoms with Crippen molar-refractivity contribution in [3.05, 3.63) is 48.2 Å². The Hall–Kier alpha value is -1.74. The second-order valence-electron chi connectivity index (χ2n) is 3.45. The molecule has 0 fully saturated rings. The standard InChI is InChI=1S/C12H15N3/c13-7-6-10-3-1-4-11(9-10)15-12-5-2-8-14-12/h1-5,8-9,14-15H,6-7,13H2. The molecule has 0 saturated heterocycles. The van der Waals surface area contributed by atoms with Crippen LogP contribution in [0.25, 0.3) is 0 Å². The first-order valence-electron chi connectivity index (χ1n) is 5.08. The highest BCUT2D eigenvalue weighted by Gasteiger charge is 1.96. The zero-order valence-corrected chi connectivity index (χ0v) is 8.53. The van der Waals surface area contributed by atoms with Crippen LogP contribution in [0, 0.1) is 0 Å². The topological polar surface area (TPSA) is 53.8 Å². The maximum atomic E-state index is 5.52. The van der Waals surface area contributed by atoms with Gasteiger partial charge in [-0.3, -0.25) is 0 Å². The lowest BCUT2D eigenvalue weighted by molar-refractivity contribution is 0.969. The van der Waals surface area contributed by atoms with E-state index in [-0.39, 0.29) is 0 Å². The van der Waals surface area contributed by atoms with E-state index < -0.39 is 0 Å². The van der Waals surface area contributed by atoms with E-state index in [2.05, 4.69) is 22.4 Å². The molecule has 0 spiro atoms. The fraction of sp³-hybridized carbons (Fsp3) is 0.167. The molecule has 1 aromatic heterocycles. The Bertz CT molecular complexity index is 407. The number of hydrogen-bond acceptors (Lipinski definition) is 2. The second kappa shape index (κ2) is 4.66. The zero-order chi connectivity index (χ0) is 10.5. The van der Waals surface area contributed by atoms with E-state index in [4.69, 9.17) is 5.73 Å². The predicted octanol–water partition coefficient (Wildman–Crippen LogP) is 2.26. The molecule has 1 aromatic carbocycles. The lowest BCUT2D eigenvalue weighted by Gasteiger charge is -2.06. The van der Waals surface area contributed by atoms with E-state index in [1.165, 1.54) is 5.56 Å². The maximum Gasteiger partial charge on any atom is 0.107 e. The number of anilines is 2. The largest absolute Gasteiger partial charge is 0.348 e. The van der Waals surface area contributed by atoms with E-state index in [1.54, 1.807) is 0 Å². The fourth-order valence-electron chi connectivity index (χ4n) is 1.53. The summed E-state index contributed by atoms with van der Waals surface area (Å²) in [5.74, 6) is 1.000. The number of nitrogens with two attached hydrogens (primary N) is 1. The molecule has 4 N–H and O–H groups in total. The molecule has 2 aromatic rings. The number of rotatable bonds is 4. The third-order valence-corrected chi connectivity index (χ3v) is 2.24. The van der Waals surface area contributed by atoms with Crippen molar-refractivity contribution in [2.75, 3.05) is 11.9 Å². The molecule has 3 heteroatoms. The Morgan fingerprint density at radius 1 is 1.20 bits per heavy atom. The molecule has 0 aliphatic heterocycles. The third kappa shape index (κ3) is 2.60. The highest BCUT2D eigenvalue weighted by atomic mass is 15.0. The quantitative estimate of drug-likeness (QED) is 0.710. The van der Waals surface area contributed by atoms with Gasteiger partial charge in [-0.2, -0.15) is 0 Å². The third-order valence-electron chi connectivity index (χ3n) is 2.24. The minimum atomic E-state index is 0.686. The van der Waals surface area contributed by atoms with Gasteiger partial charge < -0.3 is 16.0 Å². The zero-order valence-electron chi connectivity index (χ0n) is 8.53. The highest BCUT2D eigenvalue weighted by molar-refractivity contribution is 5.56. The van der Waals surface area contributed by atoms with Crippen LogP contribution in [0.3, 0.4) is 0 Å². The lowest BCUT2D eigenvalue weighted by Crippen LogP contribution is -2.02. The molecule has 2 rings (SSSR count). The number of hydrogen-bond donors (Lipinski definition) is 3. The van der Waals surface area contributed by atoms with Gasteiger partial charge in [0, 0.05) is 11.9 Å². The number of aromatic amines is 1. The van der Waals surface area contributed by atoms with Gasteiger partial charge in [0.1, 0.15) is 5.82 Å². The highest BCUT2D eigenvalue weighted by Crippen LogP contribution is 2.15. The first-order valence-corrected chi connectivity index (χ1v) is 5.08. The Labute approximate surface area is 89.3 Å². The van der Waals surface area contributed by atoms with Crippen LogP contribution in [-0.4, -0.2) is 11.5 Å². The molecule has 0 radical (unpaired) electrons. The van der Waals surface area contributed by atoms with Crippen molar-refractivity contribution in [1.82, 2.24) is 4.98 Å². The molecule has 0 aliphatic carbocycles. The molecule has 0 amide bonds. The molecule has 0 aliphatic rings. The Kier molecular flexibility index (Phi) is 3.05. The van der Waals surface area contributed by atoms with Crippen molar-refractivity contribution in [3.8, 4) is 0 Å². The van der Waals surface area contributed by atoms with Gasteiger partial charge in [0.2, 0.25) is 0 Å². The van der Waals surface area contributed by atoms with E-state index >= 15 is 0 Å². The normalized spacial score (nSPS) is 10.2. The van der Waals surface area contributed by atoms with Gasteiger partial charge in [-0.05, 0) is 42.8 Å². The summed E-state index contributed by atoms with van der Waals surface area (Å²) in [6.07, 6.45) is 2.81. The summed E-state index contributed by atoms with van der Waals surface area (Å²) < 4.78 is 0. The molecule has 0 bridgehead atoms. The Balaban J connectivity index is 2.11. The molecular weight excluding hydrogens is 186 g/mol. The monoisotopic (exact) mass is 201 g/mol. The maximum absolute atomic E-state index is 5.52. The van der Waals surface area contributed by atoms with E-state index in [1.807, 2.05) is 30.5 Å². The molecule has 0 atom stereocenters. The fourth-order valence-corrected chi connectivity index (χ4v) is 1.53. The molecule has 15 heavy (non-hydrogen) atoms. The predicted molar refractivity (Wildman–Crippen MR) is 63.3 cm³/mol. The van der Waals surface area contributed by atoms with Crippen LogP contribution in [0.1, 0.15) is 5.56 Å². The van der Waals surface area contributed by atoms with Gasteiger partial charge in [-0.25, -0.2) is 0 Å². The minimum absolute atomic E-state index is 0.686. The first-order chi connectivity index (χ1) is 7.38. The first kappa shape index (κ1) is 9.80. The van der Waals surface area contributed by atoms with Crippen LogP contribution >= 0.6 is 0 Å². The average Bonchev–Trinajstić information content (AvgIpc) is 2.71. The van der Waals surface area contributed by atoms with E-state index in [0.29, 0.717) is 6.54 Å². The van der Waals surface area contributed by atoms with Crippen LogP contribution in [0.5, 0.6) is 0 Å². The Morgan fingerprint density at radius 3 is 2.87 bits per heavy atom. The summed E-state index contributed by atoms with van der Waals surface area (Å²) in [6.45, 7) is 0.686. The molecule has 0 saturated carbocycles. The molecular formula is C12H15N3. The number of aromatic nitrogens is 1. The molecule has 0 unspecified atom stereocenters. The van der Waals surface area contributed by atoms with Crippen molar-refractivity contribution in [2.45, 2.75) is 6.42 Å². The second-order valence-corrected chi connectivity index (χ2v) is 3.45. The summed E-state index contributed by atoms with van der Waals surface area (Å²) >= 11 is 0. The van der Waals surface area contributed by atoms with Gasteiger partial charge in [-0.1, -0.05) is 12.1 Å². The van der Waals surface area contributed by atoms with Gasteiger partial charge >= 0.3 is 0 Å². The summed E-state index contributed by atoms with van der Waals surface area (Å²) in [5, 5.41) is 3.29. The van der Waals surface area contributed by atoms with Gasteiger partial charge in [-0.15, -0.1) is 0 Å². The lowest BCUT2D eigenvalue weighted by atomic mass is 10.1. The van der Waals surface area contributed by atoms with Crippen molar-refractivity contribution < 1.29 is 0 Å². The summed E-state index contributed by atoms with van der Waals surface area (Å²) in [5.41, 5.74) is 7.86. The van der Waals surface area contributed by atoms with E-state index in [0.717, 1.165) is 17.9 Å². The molecule has 1 heterocycles. The van der Waals surface area contributed by atoms with Crippen LogP contribution in [0.4, 0.5) is 11.5 Å². The molecule has 78 valence electrons. The van der Waals surface area contributed by atoms with Crippen molar-refractivity contribution in [1.29, 1.82) is 0 Å². The van der Waals surface area contributed by atoms with Crippen LogP contribution in [-0.2, 0) is 6.42 Å². The Morgan fingerprint density at radius 2 is 2.13 bits per heavy atom. The number of nitrogens with one attached hydrogen (secondary N) is 2. The van der Waals surface area contributed by atoms with Crippen molar-refractivity contribution in [3.63, 3.8) is 0 Å². The SMILES string of the molecule is NCCc1cccc(Nc2ccc[nH]2)c1. The van der Waals surface area contributed by atoms with Crippen molar-refractivity contribution in [2.24, 2.45) is 5.73 Å². The number of benzene rings is 1. The smallest absolute Gasteiger partial charge is 0.107 e. The summed E-state index contributed by atoms with van der Waals surface area (Å²) in [4.78, 5) is 3.10. The van der Waals surface area contributed by atoms with Crippen molar-refractivity contribution >= 4 is 11.5 Å². The van der Waals surface area contributed by atoms with Crippen LogP contribution in [0.15, 0.2) is 42.6 Å². The van der Waals surface area contributed by atoms with E-state index in [9.17, 15) is 0 Å². The van der Waals surface area contributed by atoms with Crippen LogP contribution < -0.4 is 11.1 Å². The van der Waals surface area contributed by atoms with Gasteiger partial charge in [0.25, 0.3) is 0 Å². The molecule has 3 nitrogen and oxygen atoms in total.